The van der Waals surface area contributed by atoms with Crippen molar-refractivity contribution in [1.29, 1.82) is 0 Å². The number of likely N-dealkylation sites (tertiary alicyclic amines) is 1. The molecule has 10 heteroatoms. The fourth-order valence-electron chi connectivity index (χ4n) is 3.12. The van der Waals surface area contributed by atoms with Crippen molar-refractivity contribution in [3.63, 3.8) is 0 Å². The highest BCUT2D eigenvalue weighted by atomic mass is 16.7. The van der Waals surface area contributed by atoms with Crippen LogP contribution in [-0.2, 0) is 14.4 Å². The quantitative estimate of drug-likeness (QED) is 0.422. The molecule has 0 aliphatic carbocycles. The number of nitrogens with one attached hydrogen (secondary N) is 2. The molecule has 1 aliphatic heterocycles. The van der Waals surface area contributed by atoms with Crippen LogP contribution < -0.4 is 11.0 Å². The number of nitrogens with zero attached hydrogens (tertiary/aromatic N) is 2. The Bertz CT molecular complexity index is 537. The number of hydrogen-bond donors (Lipinski definition) is 3. The summed E-state index contributed by atoms with van der Waals surface area (Å²) in [6.07, 6.45) is 2.28. The van der Waals surface area contributed by atoms with Gasteiger partial charge in [0.25, 0.3) is 5.91 Å². The highest BCUT2D eigenvalue weighted by Gasteiger charge is 2.33. The van der Waals surface area contributed by atoms with Crippen molar-refractivity contribution < 1.29 is 29.2 Å². The van der Waals surface area contributed by atoms with Crippen LogP contribution in [0.1, 0.15) is 60.3 Å². The molecule has 10 nitrogen and oxygen atoms in total. The van der Waals surface area contributed by atoms with Crippen LogP contribution >= 0.6 is 0 Å². The van der Waals surface area contributed by atoms with E-state index in [-0.39, 0.29) is 19.2 Å². The molecule has 0 aromatic heterocycles. The summed E-state index contributed by atoms with van der Waals surface area (Å²) in [6, 6.07) is -1.71. The Morgan fingerprint density at radius 2 is 1.96 bits per heavy atom. The van der Waals surface area contributed by atoms with Gasteiger partial charge in [-0.1, -0.05) is 13.3 Å². The van der Waals surface area contributed by atoms with Crippen molar-refractivity contribution in [3.05, 3.63) is 0 Å². The van der Waals surface area contributed by atoms with Gasteiger partial charge in [0.15, 0.2) is 0 Å². The van der Waals surface area contributed by atoms with Gasteiger partial charge in [-0.15, -0.1) is 0 Å². The number of hydrogen-bond acceptors (Lipinski definition) is 6. The van der Waals surface area contributed by atoms with E-state index in [1.54, 1.807) is 17.3 Å². The lowest BCUT2D eigenvalue weighted by Gasteiger charge is -2.30. The smallest absolute Gasteiger partial charge is 0.410 e. The maximum Gasteiger partial charge on any atom is 0.410 e. The Kier molecular flexibility index (Phi) is 9.47. The Morgan fingerprint density at radius 3 is 2.50 bits per heavy atom. The molecule has 0 bridgehead atoms. The number of carbonyl (C=O) groups excluding carboxylic acids is 3. The first-order chi connectivity index (χ1) is 13.1. The van der Waals surface area contributed by atoms with Gasteiger partial charge in [-0.05, 0) is 47.0 Å². The molecule has 28 heavy (non-hydrogen) atoms. The molecule has 0 saturated carbocycles. The highest BCUT2D eigenvalue weighted by Crippen LogP contribution is 2.21. The predicted molar refractivity (Wildman–Crippen MR) is 101 cm³/mol. The van der Waals surface area contributed by atoms with Gasteiger partial charge in [0.2, 0.25) is 0 Å². The molecular weight excluding hydrogens is 368 g/mol. The molecule has 4 amide bonds. The molecule has 0 spiro atoms. The third kappa shape index (κ3) is 7.16. The predicted octanol–water partition coefficient (Wildman–Crippen LogP) is 2.02. The standard InChI is InChI=1S/C18H34N4O6/c1-6-9-14(21(7-2)16(24)19-26)15(23)20-27-12-13-10-8-11-22(13)17(25)28-18(3,4)5/h13-14,26H,6-12H2,1-5H3,(H,19,24)(H,20,23)/t13-,14-/m0/s1. The lowest BCUT2D eigenvalue weighted by Crippen LogP contribution is -2.52. The monoisotopic (exact) mass is 402 g/mol. The molecule has 162 valence electrons. The van der Waals surface area contributed by atoms with Crippen LogP contribution in [0.15, 0.2) is 0 Å². The molecule has 1 fully saturated rings. The molecule has 1 rings (SSSR count). The van der Waals surface area contributed by atoms with E-state index >= 15 is 0 Å². The van der Waals surface area contributed by atoms with Crippen molar-refractivity contribution in [2.75, 3.05) is 19.7 Å². The summed E-state index contributed by atoms with van der Waals surface area (Å²) >= 11 is 0. The van der Waals surface area contributed by atoms with Gasteiger partial charge in [0, 0.05) is 13.1 Å². The summed E-state index contributed by atoms with van der Waals surface area (Å²) in [7, 11) is 0. The van der Waals surface area contributed by atoms with Crippen LogP contribution in [0, 0.1) is 0 Å². The van der Waals surface area contributed by atoms with Crippen molar-refractivity contribution in [1.82, 2.24) is 20.8 Å². The number of ether oxygens (including phenoxy) is 1. The van der Waals surface area contributed by atoms with Gasteiger partial charge >= 0.3 is 12.1 Å². The number of likely N-dealkylation sites (N-methyl/N-ethyl adjacent to an activating group) is 1. The van der Waals surface area contributed by atoms with E-state index in [0.717, 1.165) is 12.8 Å². The minimum Gasteiger partial charge on any atom is -0.444 e. The van der Waals surface area contributed by atoms with Crippen LogP contribution in [0.25, 0.3) is 0 Å². The zero-order valence-corrected chi connectivity index (χ0v) is 17.5. The number of carbonyl (C=O) groups is 3. The first-order valence-electron chi connectivity index (χ1n) is 9.76. The molecular formula is C18H34N4O6. The van der Waals surface area contributed by atoms with E-state index in [1.807, 2.05) is 27.7 Å². The molecule has 1 saturated heterocycles. The topological polar surface area (TPSA) is 120 Å². The fraction of sp³-hybridized carbons (Fsp3) is 0.833. The first kappa shape index (κ1) is 24.0. The number of amides is 4. The highest BCUT2D eigenvalue weighted by molar-refractivity contribution is 5.86. The molecule has 0 aromatic carbocycles. The molecule has 1 heterocycles. The Balaban J connectivity index is 2.60. The second-order valence-corrected chi connectivity index (χ2v) is 7.75. The third-order valence-electron chi connectivity index (χ3n) is 4.39. The van der Waals surface area contributed by atoms with Crippen molar-refractivity contribution in [2.24, 2.45) is 0 Å². The molecule has 2 atom stereocenters. The summed E-state index contributed by atoms with van der Waals surface area (Å²) in [5.74, 6) is -0.478. The summed E-state index contributed by atoms with van der Waals surface area (Å²) in [5.41, 5.74) is 3.35. The second-order valence-electron chi connectivity index (χ2n) is 7.75. The molecule has 0 aromatic rings. The summed E-state index contributed by atoms with van der Waals surface area (Å²) in [4.78, 5) is 44.7. The Labute approximate surface area is 166 Å². The largest absolute Gasteiger partial charge is 0.444 e. The molecule has 0 radical (unpaired) electrons. The third-order valence-corrected chi connectivity index (χ3v) is 4.39. The van der Waals surface area contributed by atoms with E-state index in [4.69, 9.17) is 14.8 Å². The number of urea groups is 1. The van der Waals surface area contributed by atoms with Crippen molar-refractivity contribution in [2.45, 2.75) is 78.0 Å². The van der Waals surface area contributed by atoms with Crippen LogP contribution in [0.5, 0.6) is 0 Å². The van der Waals surface area contributed by atoms with Gasteiger partial charge in [0.05, 0.1) is 12.6 Å². The van der Waals surface area contributed by atoms with Crippen LogP contribution in [-0.4, -0.2) is 70.4 Å². The average Bonchev–Trinajstić information content (AvgIpc) is 3.08. The van der Waals surface area contributed by atoms with Crippen LogP contribution in [0.3, 0.4) is 0 Å². The molecule has 1 aliphatic rings. The van der Waals surface area contributed by atoms with E-state index in [2.05, 4.69) is 5.48 Å². The minimum atomic E-state index is -0.771. The maximum absolute atomic E-state index is 12.5. The van der Waals surface area contributed by atoms with Gasteiger partial charge in [-0.25, -0.2) is 20.5 Å². The zero-order valence-electron chi connectivity index (χ0n) is 17.5. The fourth-order valence-corrected chi connectivity index (χ4v) is 3.12. The summed E-state index contributed by atoms with van der Waals surface area (Å²) in [5, 5.41) is 8.86. The normalized spacial score (nSPS) is 17.8. The zero-order chi connectivity index (χ0) is 21.3. The number of rotatable bonds is 8. The maximum atomic E-state index is 12.5. The summed E-state index contributed by atoms with van der Waals surface area (Å²) < 4.78 is 5.40. The first-order valence-corrected chi connectivity index (χ1v) is 9.76. The van der Waals surface area contributed by atoms with Crippen LogP contribution in [0.2, 0.25) is 0 Å². The van der Waals surface area contributed by atoms with Gasteiger partial charge < -0.3 is 14.5 Å². The van der Waals surface area contributed by atoms with Gasteiger partial charge in [0.1, 0.15) is 11.6 Å². The SMILES string of the molecule is CCC[C@@H](C(=O)NOC[C@@H]1CCCN1C(=O)OC(C)(C)C)N(CC)C(=O)NO. The van der Waals surface area contributed by atoms with Gasteiger partial charge in [-0.2, -0.15) is 0 Å². The minimum absolute atomic E-state index is 0.127. The average molecular weight is 402 g/mol. The lowest BCUT2D eigenvalue weighted by atomic mass is 10.1. The Hall–Kier alpha value is -2.07. The van der Waals surface area contributed by atoms with E-state index < -0.39 is 29.7 Å². The van der Waals surface area contributed by atoms with Crippen LogP contribution in [0.4, 0.5) is 9.59 Å². The van der Waals surface area contributed by atoms with E-state index in [9.17, 15) is 14.4 Å². The molecule has 0 unspecified atom stereocenters. The molecule has 3 N–H and O–H groups in total. The van der Waals surface area contributed by atoms with Gasteiger partial charge in [-0.3, -0.25) is 14.8 Å². The second kappa shape index (κ2) is 11.1. The van der Waals surface area contributed by atoms with Crippen molar-refractivity contribution >= 4 is 18.0 Å². The van der Waals surface area contributed by atoms with E-state index in [1.165, 1.54) is 4.90 Å². The number of hydroxylamine groups is 2. The Morgan fingerprint density at radius 1 is 1.29 bits per heavy atom. The summed E-state index contributed by atoms with van der Waals surface area (Å²) in [6.45, 7) is 9.98. The van der Waals surface area contributed by atoms with Crippen molar-refractivity contribution in [3.8, 4) is 0 Å². The van der Waals surface area contributed by atoms with E-state index in [0.29, 0.717) is 19.4 Å². The lowest BCUT2D eigenvalue weighted by molar-refractivity contribution is -0.139.